The van der Waals surface area contributed by atoms with Crippen molar-refractivity contribution in [2.75, 3.05) is 31.5 Å². The third kappa shape index (κ3) is 5.47. The van der Waals surface area contributed by atoms with Gasteiger partial charge in [0.2, 0.25) is 0 Å². The Labute approximate surface area is 242 Å². The second-order valence-electron chi connectivity index (χ2n) is 12.0. The summed E-state index contributed by atoms with van der Waals surface area (Å²) in [6.45, 7) is 10.5. The summed E-state index contributed by atoms with van der Waals surface area (Å²) in [6, 6.07) is 15.8. The molecular formula is C34H41N5O2. The van der Waals surface area contributed by atoms with E-state index >= 15 is 0 Å². The molecule has 0 bridgehead atoms. The highest BCUT2D eigenvalue weighted by Crippen LogP contribution is 2.44. The fraction of sp³-hybridized carbons (Fsp3) is 0.441. The minimum absolute atomic E-state index is 0.0838. The summed E-state index contributed by atoms with van der Waals surface area (Å²) in [4.78, 5) is 18.8. The van der Waals surface area contributed by atoms with Crippen LogP contribution in [0, 0.1) is 16.0 Å². The van der Waals surface area contributed by atoms with Gasteiger partial charge in [-0.2, -0.15) is 0 Å². The van der Waals surface area contributed by atoms with Crippen molar-refractivity contribution in [3.05, 3.63) is 98.0 Å². The molecular weight excluding hydrogens is 510 g/mol. The maximum Gasteiger partial charge on any atom is 0.269 e. The number of dihydropyridines is 1. The normalized spacial score (nSPS) is 20.2. The number of hydrogen-bond donors (Lipinski definition) is 2. The Kier molecular flexibility index (Phi) is 7.80. The van der Waals surface area contributed by atoms with Gasteiger partial charge in [0, 0.05) is 59.3 Å². The predicted octanol–water partition coefficient (Wildman–Crippen LogP) is 7.10. The van der Waals surface area contributed by atoms with Crippen molar-refractivity contribution in [2.24, 2.45) is 5.92 Å². The van der Waals surface area contributed by atoms with Gasteiger partial charge in [-0.25, -0.2) is 0 Å². The molecule has 7 heteroatoms. The number of benzene rings is 2. The predicted molar refractivity (Wildman–Crippen MR) is 166 cm³/mol. The summed E-state index contributed by atoms with van der Waals surface area (Å²) in [6.07, 6.45) is 6.86. The molecule has 0 radical (unpaired) electrons. The molecule has 0 saturated carbocycles. The Hall–Kier alpha value is -3.71. The summed E-state index contributed by atoms with van der Waals surface area (Å²) in [7, 11) is 0. The van der Waals surface area contributed by atoms with Crippen LogP contribution < -0.4 is 10.6 Å². The second kappa shape index (κ2) is 11.6. The van der Waals surface area contributed by atoms with Crippen LogP contribution in [0.5, 0.6) is 0 Å². The Morgan fingerprint density at radius 1 is 1.02 bits per heavy atom. The van der Waals surface area contributed by atoms with Crippen LogP contribution >= 0.6 is 0 Å². The molecule has 1 fully saturated rings. The zero-order chi connectivity index (χ0) is 28.5. The lowest BCUT2D eigenvalue weighted by Gasteiger charge is -2.39. The monoisotopic (exact) mass is 551 g/mol. The van der Waals surface area contributed by atoms with Crippen LogP contribution in [0.2, 0.25) is 0 Å². The first-order valence-electron chi connectivity index (χ1n) is 15.2. The standard InChI is InChI=1S/C34H41N5O2/c1-22-23(2)36-24(3)33(32(22)26-9-8-10-27(21-26)39(40)41)25-15-18-38(19-16-25)20-17-35-34-28-11-4-6-13-30(28)37-31-14-7-5-12-29(31)34/h4,6,8-11,13,21,25,32,36H,5,7,12,14-20H2,1-3H3,(H,35,37). The van der Waals surface area contributed by atoms with Crippen LogP contribution in [0.25, 0.3) is 10.9 Å². The SMILES string of the molecule is CC1=C(C)C(c2cccc([N+](=O)[O-])c2)C(C2CCN(CCNc3c4c(nc5ccccc35)CCCC4)CC2)=C(C)N1. The molecule has 1 aromatic heterocycles. The highest BCUT2D eigenvalue weighted by atomic mass is 16.6. The fourth-order valence-corrected chi connectivity index (χ4v) is 7.29. The number of nitro benzene ring substituents is 1. The zero-order valence-electron chi connectivity index (χ0n) is 24.5. The van der Waals surface area contributed by atoms with E-state index in [-0.39, 0.29) is 16.5 Å². The Bertz CT molecular complexity index is 1530. The van der Waals surface area contributed by atoms with Gasteiger partial charge in [0.1, 0.15) is 0 Å². The van der Waals surface area contributed by atoms with E-state index in [1.54, 1.807) is 12.1 Å². The van der Waals surface area contributed by atoms with Gasteiger partial charge in [0.05, 0.1) is 10.4 Å². The van der Waals surface area contributed by atoms with Gasteiger partial charge >= 0.3 is 0 Å². The number of fused-ring (bicyclic) bond motifs is 2. The molecule has 7 nitrogen and oxygen atoms in total. The lowest BCUT2D eigenvalue weighted by atomic mass is 9.73. The number of rotatable bonds is 7. The maximum absolute atomic E-state index is 11.5. The Morgan fingerprint density at radius 2 is 1.80 bits per heavy atom. The van der Waals surface area contributed by atoms with Crippen LogP contribution in [0.1, 0.15) is 69.2 Å². The van der Waals surface area contributed by atoms with E-state index in [1.807, 2.05) is 6.07 Å². The molecule has 0 amide bonds. The molecule has 0 spiro atoms. The molecule has 3 aliphatic rings. The molecule has 1 saturated heterocycles. The lowest BCUT2D eigenvalue weighted by molar-refractivity contribution is -0.384. The number of non-ortho nitro benzene ring substituents is 1. The van der Waals surface area contributed by atoms with E-state index in [9.17, 15) is 10.1 Å². The third-order valence-corrected chi connectivity index (χ3v) is 9.48. The molecule has 214 valence electrons. The highest BCUT2D eigenvalue weighted by Gasteiger charge is 2.34. The number of allylic oxidation sites excluding steroid dienone is 4. The van der Waals surface area contributed by atoms with Crippen LogP contribution in [0.3, 0.4) is 0 Å². The van der Waals surface area contributed by atoms with Crippen LogP contribution in [0.4, 0.5) is 11.4 Å². The van der Waals surface area contributed by atoms with Crippen molar-refractivity contribution in [1.82, 2.24) is 15.2 Å². The van der Waals surface area contributed by atoms with E-state index in [0.717, 1.165) is 68.6 Å². The lowest BCUT2D eigenvalue weighted by Crippen LogP contribution is -2.39. The van der Waals surface area contributed by atoms with E-state index in [4.69, 9.17) is 4.98 Å². The number of nitrogens with zero attached hydrogens (tertiary/aromatic N) is 3. The van der Waals surface area contributed by atoms with Crippen molar-refractivity contribution < 1.29 is 4.92 Å². The largest absolute Gasteiger partial charge is 0.383 e. The van der Waals surface area contributed by atoms with Crippen molar-refractivity contribution in [1.29, 1.82) is 0 Å². The smallest absolute Gasteiger partial charge is 0.269 e. The van der Waals surface area contributed by atoms with E-state index in [0.29, 0.717) is 5.92 Å². The number of aryl methyl sites for hydroxylation is 1. The van der Waals surface area contributed by atoms with Gasteiger partial charge in [0.25, 0.3) is 5.69 Å². The molecule has 1 aliphatic carbocycles. The zero-order valence-corrected chi connectivity index (χ0v) is 24.5. The topological polar surface area (TPSA) is 83.3 Å². The van der Waals surface area contributed by atoms with Crippen LogP contribution in [-0.4, -0.2) is 41.0 Å². The number of anilines is 1. The number of pyridine rings is 1. The molecule has 1 atom stereocenters. The van der Waals surface area contributed by atoms with Crippen LogP contribution in [0.15, 0.2) is 71.1 Å². The van der Waals surface area contributed by atoms with Gasteiger partial charge < -0.3 is 15.5 Å². The first-order chi connectivity index (χ1) is 19.9. The quantitative estimate of drug-likeness (QED) is 0.241. The first-order valence-corrected chi connectivity index (χ1v) is 15.2. The molecule has 2 N–H and O–H groups in total. The van der Waals surface area contributed by atoms with E-state index in [2.05, 4.69) is 66.6 Å². The van der Waals surface area contributed by atoms with Gasteiger partial charge in [-0.05, 0) is 107 Å². The molecule has 2 aliphatic heterocycles. The minimum Gasteiger partial charge on any atom is -0.383 e. The van der Waals surface area contributed by atoms with Gasteiger partial charge in [-0.1, -0.05) is 30.3 Å². The average Bonchev–Trinajstić information content (AvgIpc) is 2.99. The number of piperidine rings is 1. The highest BCUT2D eigenvalue weighted by molar-refractivity contribution is 5.93. The average molecular weight is 552 g/mol. The van der Waals surface area contributed by atoms with Crippen molar-refractivity contribution in [3.8, 4) is 0 Å². The van der Waals surface area contributed by atoms with Crippen molar-refractivity contribution in [3.63, 3.8) is 0 Å². The summed E-state index contributed by atoms with van der Waals surface area (Å²) >= 11 is 0. The number of likely N-dealkylation sites (tertiary alicyclic amines) is 1. The summed E-state index contributed by atoms with van der Waals surface area (Å²) in [5.74, 6) is 0.538. The molecule has 2 aromatic carbocycles. The Morgan fingerprint density at radius 3 is 2.61 bits per heavy atom. The minimum atomic E-state index is -0.288. The first kappa shape index (κ1) is 27.5. The van der Waals surface area contributed by atoms with Crippen molar-refractivity contribution >= 4 is 22.3 Å². The summed E-state index contributed by atoms with van der Waals surface area (Å²) < 4.78 is 0. The second-order valence-corrected chi connectivity index (χ2v) is 12.0. The number of aromatic nitrogens is 1. The Balaban J connectivity index is 1.14. The molecule has 3 heterocycles. The van der Waals surface area contributed by atoms with Crippen LogP contribution in [-0.2, 0) is 12.8 Å². The maximum atomic E-state index is 11.5. The molecule has 3 aromatic rings. The van der Waals surface area contributed by atoms with E-state index < -0.39 is 0 Å². The van der Waals surface area contributed by atoms with E-state index in [1.165, 1.54) is 52.0 Å². The fourth-order valence-electron chi connectivity index (χ4n) is 7.29. The van der Waals surface area contributed by atoms with Gasteiger partial charge in [-0.15, -0.1) is 0 Å². The summed E-state index contributed by atoms with van der Waals surface area (Å²) in [5, 5.41) is 20.2. The number of para-hydroxylation sites is 1. The number of nitrogens with one attached hydrogen (secondary N) is 2. The molecule has 6 rings (SSSR count). The molecule has 41 heavy (non-hydrogen) atoms. The number of hydrogen-bond acceptors (Lipinski definition) is 6. The van der Waals surface area contributed by atoms with Crippen molar-refractivity contribution in [2.45, 2.75) is 65.2 Å². The third-order valence-electron chi connectivity index (χ3n) is 9.48. The summed E-state index contributed by atoms with van der Waals surface area (Å²) in [5.41, 5.74) is 11.3. The molecule has 1 unspecified atom stereocenters. The van der Waals surface area contributed by atoms with Gasteiger partial charge in [0.15, 0.2) is 0 Å². The number of nitro groups is 1. The van der Waals surface area contributed by atoms with Gasteiger partial charge in [-0.3, -0.25) is 15.1 Å².